The topological polar surface area (TPSA) is 71.7 Å². The zero-order valence-corrected chi connectivity index (χ0v) is 12.4. The number of rotatable bonds is 3. The van der Waals surface area contributed by atoms with E-state index in [1.54, 1.807) is 48.0 Å². The maximum absolute atomic E-state index is 12.3. The number of aryl methyl sites for hydroxylation is 1. The monoisotopic (exact) mass is 313 g/mol. The quantitative estimate of drug-likeness (QED) is 0.596. The molecular weight excluding hydrogens is 302 g/mol. The molecule has 0 unspecified atom stereocenters. The van der Waals surface area contributed by atoms with E-state index in [1.165, 1.54) is 6.21 Å². The minimum atomic E-state index is -0.362. The molecule has 1 N–H and O–H groups in total. The van der Waals surface area contributed by atoms with Gasteiger partial charge in [-0.15, -0.1) is 0 Å². The number of nitrogens with one attached hydrogen (secondary N) is 1. The van der Waals surface area contributed by atoms with Crippen molar-refractivity contribution in [3.8, 4) is 0 Å². The van der Waals surface area contributed by atoms with Gasteiger partial charge < -0.3 is 0 Å². The Morgan fingerprint density at radius 2 is 2.23 bits per heavy atom. The third kappa shape index (κ3) is 2.82. The number of hydrazone groups is 1. The lowest BCUT2D eigenvalue weighted by atomic mass is 10.3. The third-order valence-electron chi connectivity index (χ3n) is 3.02. The van der Waals surface area contributed by atoms with Gasteiger partial charge in [-0.05, 0) is 31.2 Å². The van der Waals surface area contributed by atoms with Crippen molar-refractivity contribution < 1.29 is 4.79 Å². The van der Waals surface area contributed by atoms with E-state index in [0.29, 0.717) is 27.8 Å². The van der Waals surface area contributed by atoms with Gasteiger partial charge >= 0.3 is 0 Å². The molecule has 1 amide bonds. The van der Waals surface area contributed by atoms with Crippen LogP contribution in [0.15, 0.2) is 47.8 Å². The number of fused-ring (bicyclic) bond motifs is 1. The highest BCUT2D eigenvalue weighted by Gasteiger charge is 2.16. The molecule has 0 aliphatic rings. The Morgan fingerprint density at radius 3 is 3.00 bits per heavy atom. The van der Waals surface area contributed by atoms with Crippen LogP contribution in [-0.2, 0) is 0 Å². The van der Waals surface area contributed by atoms with Crippen LogP contribution in [0, 0.1) is 6.92 Å². The Kier molecular flexibility index (Phi) is 3.84. The van der Waals surface area contributed by atoms with E-state index < -0.39 is 0 Å². The van der Waals surface area contributed by atoms with Gasteiger partial charge in [0.1, 0.15) is 11.3 Å². The summed E-state index contributed by atoms with van der Waals surface area (Å²) >= 11 is 5.97. The molecule has 3 heterocycles. The molecular formula is C15H12ClN5O. The van der Waals surface area contributed by atoms with Crippen molar-refractivity contribution in [3.05, 3.63) is 64.8 Å². The van der Waals surface area contributed by atoms with Crippen molar-refractivity contribution in [2.45, 2.75) is 6.92 Å². The Bertz CT molecular complexity index is 857. The van der Waals surface area contributed by atoms with Gasteiger partial charge in [-0.1, -0.05) is 17.7 Å². The summed E-state index contributed by atoms with van der Waals surface area (Å²) in [6, 6.07) is 8.91. The van der Waals surface area contributed by atoms with Crippen LogP contribution in [0.5, 0.6) is 0 Å². The maximum Gasteiger partial charge on any atom is 0.290 e. The molecule has 0 atom stereocenters. The number of halogens is 1. The number of carbonyl (C=O) groups is 1. The number of pyridine rings is 2. The van der Waals surface area contributed by atoms with Crippen LogP contribution in [0.4, 0.5) is 0 Å². The van der Waals surface area contributed by atoms with Crippen molar-refractivity contribution in [2.75, 3.05) is 0 Å². The molecule has 3 aromatic heterocycles. The summed E-state index contributed by atoms with van der Waals surface area (Å²) in [6.45, 7) is 1.76. The first-order valence-corrected chi connectivity index (χ1v) is 6.91. The third-order valence-corrected chi connectivity index (χ3v) is 3.25. The molecule has 3 aromatic rings. The molecule has 7 heteroatoms. The second-order valence-electron chi connectivity index (χ2n) is 4.58. The molecule has 110 valence electrons. The fourth-order valence-electron chi connectivity index (χ4n) is 2.07. The van der Waals surface area contributed by atoms with E-state index >= 15 is 0 Å². The Morgan fingerprint density at radius 1 is 1.36 bits per heavy atom. The molecule has 6 nitrogen and oxygen atoms in total. The summed E-state index contributed by atoms with van der Waals surface area (Å²) in [5.74, 6) is -0.362. The zero-order chi connectivity index (χ0) is 15.5. The van der Waals surface area contributed by atoms with Gasteiger partial charge in [0, 0.05) is 12.4 Å². The van der Waals surface area contributed by atoms with Crippen LogP contribution in [0.3, 0.4) is 0 Å². The van der Waals surface area contributed by atoms with E-state index in [4.69, 9.17) is 11.6 Å². The van der Waals surface area contributed by atoms with Gasteiger partial charge in [-0.2, -0.15) is 5.10 Å². The zero-order valence-electron chi connectivity index (χ0n) is 11.7. The summed E-state index contributed by atoms with van der Waals surface area (Å²) in [7, 11) is 0. The smallest absolute Gasteiger partial charge is 0.290 e. The molecule has 0 aliphatic heterocycles. The van der Waals surface area contributed by atoms with Crippen molar-refractivity contribution >= 4 is 29.4 Å². The van der Waals surface area contributed by atoms with Crippen LogP contribution < -0.4 is 5.43 Å². The molecule has 0 radical (unpaired) electrons. The average Bonchev–Trinajstić information content (AvgIpc) is 2.83. The van der Waals surface area contributed by atoms with Gasteiger partial charge in [0.15, 0.2) is 0 Å². The average molecular weight is 314 g/mol. The largest absolute Gasteiger partial charge is 0.294 e. The fourth-order valence-corrected chi connectivity index (χ4v) is 2.23. The standard InChI is InChI=1S/C15H12ClN5O/c1-10-14(21-9-11(16)5-6-13(21)19-10)15(22)20-18-8-12-4-2-3-7-17-12/h2-9H,1H3,(H,20,22)/b18-8-. The van der Waals surface area contributed by atoms with Gasteiger partial charge in [-0.25, -0.2) is 10.4 Å². The summed E-state index contributed by atoms with van der Waals surface area (Å²) in [5.41, 5.74) is 4.78. The molecule has 0 saturated carbocycles. The van der Waals surface area contributed by atoms with E-state index in [0.717, 1.165) is 0 Å². The van der Waals surface area contributed by atoms with Gasteiger partial charge in [0.25, 0.3) is 5.91 Å². The predicted molar refractivity (Wildman–Crippen MR) is 84.2 cm³/mol. The number of aromatic nitrogens is 3. The van der Waals surface area contributed by atoms with E-state index in [2.05, 4.69) is 20.5 Å². The highest BCUT2D eigenvalue weighted by Crippen LogP contribution is 2.16. The molecule has 3 rings (SSSR count). The number of hydrogen-bond acceptors (Lipinski definition) is 4. The fraction of sp³-hybridized carbons (Fsp3) is 0.0667. The predicted octanol–water partition coefficient (Wildman–Crippen LogP) is 2.46. The van der Waals surface area contributed by atoms with Gasteiger partial charge in [-0.3, -0.25) is 14.2 Å². The summed E-state index contributed by atoms with van der Waals surface area (Å²) < 4.78 is 1.64. The summed E-state index contributed by atoms with van der Waals surface area (Å²) in [5, 5.41) is 4.43. The van der Waals surface area contributed by atoms with E-state index in [1.807, 2.05) is 6.07 Å². The number of amides is 1. The summed E-state index contributed by atoms with van der Waals surface area (Å²) in [4.78, 5) is 20.7. The number of hydrogen-bond donors (Lipinski definition) is 1. The Labute approximate surface area is 131 Å². The molecule has 0 aromatic carbocycles. The second kappa shape index (κ2) is 5.95. The van der Waals surface area contributed by atoms with Crippen molar-refractivity contribution in [1.82, 2.24) is 19.8 Å². The first kappa shape index (κ1) is 14.2. The molecule has 0 aliphatic carbocycles. The maximum atomic E-state index is 12.3. The molecule has 0 fully saturated rings. The summed E-state index contributed by atoms with van der Waals surface area (Å²) in [6.07, 6.45) is 4.78. The van der Waals surface area contributed by atoms with Crippen LogP contribution in [-0.4, -0.2) is 26.5 Å². The number of nitrogens with zero attached hydrogens (tertiary/aromatic N) is 4. The lowest BCUT2D eigenvalue weighted by Crippen LogP contribution is -2.20. The molecule has 0 spiro atoms. The SMILES string of the molecule is Cc1nc2ccc(Cl)cn2c1C(=O)N/N=C\c1ccccn1. The Balaban J connectivity index is 1.85. The minimum Gasteiger partial charge on any atom is -0.294 e. The van der Waals surface area contributed by atoms with Crippen molar-refractivity contribution in [2.24, 2.45) is 5.10 Å². The van der Waals surface area contributed by atoms with Gasteiger partial charge in [0.2, 0.25) is 0 Å². The highest BCUT2D eigenvalue weighted by atomic mass is 35.5. The minimum absolute atomic E-state index is 0.362. The molecule has 22 heavy (non-hydrogen) atoms. The van der Waals surface area contributed by atoms with Crippen molar-refractivity contribution in [3.63, 3.8) is 0 Å². The lowest BCUT2D eigenvalue weighted by Gasteiger charge is -2.02. The molecule has 0 saturated heterocycles. The molecule has 0 bridgehead atoms. The Hall–Kier alpha value is -2.73. The first-order chi connectivity index (χ1) is 10.6. The highest BCUT2D eigenvalue weighted by molar-refractivity contribution is 6.30. The normalized spacial score (nSPS) is 11.2. The van der Waals surface area contributed by atoms with E-state index in [-0.39, 0.29) is 5.91 Å². The lowest BCUT2D eigenvalue weighted by molar-refractivity contribution is 0.0948. The first-order valence-electron chi connectivity index (χ1n) is 6.54. The van der Waals surface area contributed by atoms with E-state index in [9.17, 15) is 4.79 Å². The van der Waals surface area contributed by atoms with Crippen LogP contribution >= 0.6 is 11.6 Å². The van der Waals surface area contributed by atoms with Crippen LogP contribution in [0.1, 0.15) is 21.9 Å². The second-order valence-corrected chi connectivity index (χ2v) is 5.01. The number of carbonyl (C=O) groups excluding carboxylic acids is 1. The number of imidazole rings is 1. The van der Waals surface area contributed by atoms with Crippen molar-refractivity contribution in [1.29, 1.82) is 0 Å². The van der Waals surface area contributed by atoms with Crippen LogP contribution in [0.25, 0.3) is 5.65 Å². The van der Waals surface area contributed by atoms with Crippen LogP contribution in [0.2, 0.25) is 5.02 Å². The van der Waals surface area contributed by atoms with Gasteiger partial charge in [0.05, 0.1) is 22.6 Å².